The lowest BCUT2D eigenvalue weighted by Crippen LogP contribution is -2.08. The standard InChI is InChI=1S/C14H22N4/c1-9(2)13-6-15-18(8-13)7-10(3)14-11(4)16-17-12(14)5/h6,8-10H,7H2,1-5H3,(H,16,17). The van der Waals surface area contributed by atoms with Crippen LogP contribution in [0, 0.1) is 13.8 Å². The van der Waals surface area contributed by atoms with Gasteiger partial charge in [0, 0.05) is 29.9 Å². The van der Waals surface area contributed by atoms with E-state index in [0.717, 1.165) is 17.9 Å². The molecule has 0 aromatic carbocycles. The number of H-pyrrole nitrogens is 1. The van der Waals surface area contributed by atoms with Gasteiger partial charge in [-0.3, -0.25) is 9.78 Å². The summed E-state index contributed by atoms with van der Waals surface area (Å²) in [5.74, 6) is 0.954. The maximum Gasteiger partial charge on any atom is 0.0629 e. The van der Waals surface area contributed by atoms with E-state index in [4.69, 9.17) is 0 Å². The molecule has 4 nitrogen and oxygen atoms in total. The van der Waals surface area contributed by atoms with Gasteiger partial charge in [0.1, 0.15) is 0 Å². The second-order valence-corrected chi connectivity index (χ2v) is 5.40. The third kappa shape index (κ3) is 2.47. The number of nitrogens with one attached hydrogen (secondary N) is 1. The van der Waals surface area contributed by atoms with Crippen molar-refractivity contribution >= 4 is 0 Å². The zero-order valence-electron chi connectivity index (χ0n) is 11.9. The highest BCUT2D eigenvalue weighted by Gasteiger charge is 2.15. The fourth-order valence-electron chi connectivity index (χ4n) is 2.44. The van der Waals surface area contributed by atoms with Crippen LogP contribution in [0.3, 0.4) is 0 Å². The molecule has 2 rings (SSSR count). The van der Waals surface area contributed by atoms with Crippen LogP contribution in [0.5, 0.6) is 0 Å². The number of aromatic amines is 1. The van der Waals surface area contributed by atoms with Crippen molar-refractivity contribution in [3.05, 3.63) is 34.9 Å². The average Bonchev–Trinajstić information content (AvgIpc) is 2.86. The minimum atomic E-state index is 0.420. The van der Waals surface area contributed by atoms with Gasteiger partial charge in [-0.1, -0.05) is 20.8 Å². The largest absolute Gasteiger partial charge is 0.282 e. The van der Waals surface area contributed by atoms with Crippen molar-refractivity contribution in [2.75, 3.05) is 0 Å². The monoisotopic (exact) mass is 246 g/mol. The first-order valence-electron chi connectivity index (χ1n) is 6.52. The smallest absolute Gasteiger partial charge is 0.0629 e. The Balaban J connectivity index is 2.13. The Labute approximate surface area is 108 Å². The molecule has 4 heteroatoms. The van der Waals surface area contributed by atoms with Crippen LogP contribution >= 0.6 is 0 Å². The number of hydrogen-bond acceptors (Lipinski definition) is 2. The van der Waals surface area contributed by atoms with Crippen LogP contribution in [0.2, 0.25) is 0 Å². The van der Waals surface area contributed by atoms with E-state index < -0.39 is 0 Å². The fraction of sp³-hybridized carbons (Fsp3) is 0.571. The predicted octanol–water partition coefficient (Wildman–Crippen LogP) is 3.15. The van der Waals surface area contributed by atoms with E-state index in [-0.39, 0.29) is 0 Å². The summed E-state index contributed by atoms with van der Waals surface area (Å²) in [7, 11) is 0. The Hall–Kier alpha value is -1.58. The van der Waals surface area contributed by atoms with E-state index in [1.54, 1.807) is 0 Å². The van der Waals surface area contributed by atoms with Gasteiger partial charge in [-0.05, 0) is 25.3 Å². The lowest BCUT2D eigenvalue weighted by molar-refractivity contribution is 0.539. The molecule has 0 aliphatic heterocycles. The Bertz CT molecular complexity index is 502. The van der Waals surface area contributed by atoms with Crippen LogP contribution in [0.15, 0.2) is 12.4 Å². The van der Waals surface area contributed by atoms with Gasteiger partial charge in [0.25, 0.3) is 0 Å². The molecule has 98 valence electrons. The number of rotatable bonds is 4. The Morgan fingerprint density at radius 3 is 2.50 bits per heavy atom. The number of nitrogens with zero attached hydrogens (tertiary/aromatic N) is 3. The molecule has 0 spiro atoms. The minimum absolute atomic E-state index is 0.420. The predicted molar refractivity (Wildman–Crippen MR) is 72.8 cm³/mol. The normalized spacial score (nSPS) is 13.2. The van der Waals surface area contributed by atoms with Gasteiger partial charge in [-0.25, -0.2) is 0 Å². The molecule has 0 aliphatic rings. The third-order valence-corrected chi connectivity index (χ3v) is 3.46. The maximum absolute atomic E-state index is 4.43. The molecule has 1 atom stereocenters. The van der Waals surface area contributed by atoms with Crippen molar-refractivity contribution in [2.45, 2.75) is 53.0 Å². The van der Waals surface area contributed by atoms with Crippen molar-refractivity contribution in [1.29, 1.82) is 0 Å². The van der Waals surface area contributed by atoms with Crippen molar-refractivity contribution in [3.63, 3.8) is 0 Å². The van der Waals surface area contributed by atoms with Crippen molar-refractivity contribution in [1.82, 2.24) is 20.0 Å². The molecule has 0 radical (unpaired) electrons. The summed E-state index contributed by atoms with van der Waals surface area (Å²) >= 11 is 0. The summed E-state index contributed by atoms with van der Waals surface area (Å²) in [4.78, 5) is 0. The molecule has 2 aromatic rings. The van der Waals surface area contributed by atoms with E-state index >= 15 is 0 Å². The van der Waals surface area contributed by atoms with Crippen molar-refractivity contribution in [3.8, 4) is 0 Å². The van der Waals surface area contributed by atoms with E-state index in [9.17, 15) is 0 Å². The van der Waals surface area contributed by atoms with E-state index in [1.165, 1.54) is 11.1 Å². The lowest BCUT2D eigenvalue weighted by Gasteiger charge is -2.12. The summed E-state index contributed by atoms with van der Waals surface area (Å²) in [5.41, 5.74) is 4.87. The first kappa shape index (κ1) is 12.9. The highest BCUT2D eigenvalue weighted by molar-refractivity contribution is 5.27. The zero-order chi connectivity index (χ0) is 13.3. The summed E-state index contributed by atoms with van der Waals surface area (Å²) in [5, 5.41) is 11.7. The highest BCUT2D eigenvalue weighted by Crippen LogP contribution is 2.23. The zero-order valence-corrected chi connectivity index (χ0v) is 11.9. The number of aryl methyl sites for hydroxylation is 2. The van der Waals surface area contributed by atoms with Crippen LogP contribution in [0.25, 0.3) is 0 Å². The van der Waals surface area contributed by atoms with Crippen LogP contribution in [-0.4, -0.2) is 20.0 Å². The fourth-order valence-corrected chi connectivity index (χ4v) is 2.44. The maximum atomic E-state index is 4.43. The SMILES string of the molecule is Cc1n[nH]c(C)c1C(C)Cn1cc(C(C)C)cn1. The van der Waals surface area contributed by atoms with Gasteiger partial charge in [-0.15, -0.1) is 0 Å². The van der Waals surface area contributed by atoms with Gasteiger partial charge < -0.3 is 0 Å². The molecule has 1 unspecified atom stereocenters. The molecule has 0 amide bonds. The third-order valence-electron chi connectivity index (χ3n) is 3.46. The molecule has 0 aliphatic carbocycles. The second kappa shape index (κ2) is 4.96. The Kier molecular flexibility index (Phi) is 3.55. The molecule has 2 heterocycles. The molecular formula is C14H22N4. The molecule has 0 fully saturated rings. The summed E-state index contributed by atoms with van der Waals surface area (Å²) in [6.07, 6.45) is 4.11. The van der Waals surface area contributed by atoms with Gasteiger partial charge in [0.05, 0.1) is 11.9 Å². The van der Waals surface area contributed by atoms with Crippen molar-refractivity contribution < 1.29 is 0 Å². The molecule has 1 N–H and O–H groups in total. The van der Waals surface area contributed by atoms with E-state index in [2.05, 4.69) is 56.1 Å². The van der Waals surface area contributed by atoms with Gasteiger partial charge in [-0.2, -0.15) is 10.2 Å². The molecule has 0 saturated heterocycles. The Morgan fingerprint density at radius 1 is 1.28 bits per heavy atom. The first-order valence-corrected chi connectivity index (χ1v) is 6.52. The molecule has 18 heavy (non-hydrogen) atoms. The van der Waals surface area contributed by atoms with E-state index in [0.29, 0.717) is 11.8 Å². The van der Waals surface area contributed by atoms with E-state index in [1.807, 2.05) is 10.9 Å². The van der Waals surface area contributed by atoms with Crippen LogP contribution < -0.4 is 0 Å². The van der Waals surface area contributed by atoms with Crippen molar-refractivity contribution in [2.24, 2.45) is 0 Å². The first-order chi connectivity index (χ1) is 8.49. The topological polar surface area (TPSA) is 46.5 Å². The number of aromatic nitrogens is 4. The minimum Gasteiger partial charge on any atom is -0.282 e. The average molecular weight is 246 g/mol. The lowest BCUT2D eigenvalue weighted by atomic mass is 9.99. The molecule has 0 bridgehead atoms. The number of hydrogen-bond donors (Lipinski definition) is 1. The Morgan fingerprint density at radius 2 is 2.00 bits per heavy atom. The quantitative estimate of drug-likeness (QED) is 0.900. The summed E-state index contributed by atoms with van der Waals surface area (Å²) in [6, 6.07) is 0. The van der Waals surface area contributed by atoms with Gasteiger partial charge in [0.15, 0.2) is 0 Å². The molecular weight excluding hydrogens is 224 g/mol. The molecule has 2 aromatic heterocycles. The highest BCUT2D eigenvalue weighted by atomic mass is 15.3. The van der Waals surface area contributed by atoms with Crippen LogP contribution in [0.1, 0.15) is 55.1 Å². The van der Waals surface area contributed by atoms with Crippen LogP contribution in [0.4, 0.5) is 0 Å². The summed E-state index contributed by atoms with van der Waals surface area (Å²) in [6.45, 7) is 11.6. The van der Waals surface area contributed by atoms with Gasteiger partial charge >= 0.3 is 0 Å². The summed E-state index contributed by atoms with van der Waals surface area (Å²) < 4.78 is 2.03. The van der Waals surface area contributed by atoms with Crippen LogP contribution in [-0.2, 0) is 6.54 Å². The second-order valence-electron chi connectivity index (χ2n) is 5.40. The molecule has 0 saturated carbocycles. The van der Waals surface area contributed by atoms with Gasteiger partial charge in [0.2, 0.25) is 0 Å².